The van der Waals surface area contributed by atoms with Gasteiger partial charge in [0.1, 0.15) is 11.9 Å². The van der Waals surface area contributed by atoms with Gasteiger partial charge in [-0.05, 0) is 35.9 Å². The van der Waals surface area contributed by atoms with Crippen LogP contribution < -0.4 is 4.90 Å². The fourth-order valence-corrected chi connectivity index (χ4v) is 2.74. The number of phenolic OH excluding ortho intramolecular Hbond substituents is 1. The second-order valence-electron chi connectivity index (χ2n) is 5.29. The Balaban J connectivity index is 2.14. The van der Waals surface area contributed by atoms with Crippen molar-refractivity contribution in [1.82, 2.24) is 0 Å². The lowest BCUT2D eigenvalue weighted by Crippen LogP contribution is -2.33. The van der Waals surface area contributed by atoms with Crippen molar-refractivity contribution in [2.45, 2.75) is 6.10 Å². The first-order valence-electron chi connectivity index (χ1n) is 7.03. The number of rotatable bonds is 2. The molecular weight excluding hydrogens is 292 g/mol. The summed E-state index contributed by atoms with van der Waals surface area (Å²) < 4.78 is 0. The minimum absolute atomic E-state index is 0.159. The van der Waals surface area contributed by atoms with Gasteiger partial charge in [-0.2, -0.15) is 5.26 Å². The van der Waals surface area contributed by atoms with Gasteiger partial charge in [0.15, 0.2) is 5.78 Å². The summed E-state index contributed by atoms with van der Waals surface area (Å²) in [5, 5.41) is 28.5. The molecule has 1 aromatic rings. The summed E-state index contributed by atoms with van der Waals surface area (Å²) in [6, 6.07) is 8.65. The molecule has 0 radical (unpaired) electrons. The molecule has 2 N–H and O–H groups in total. The van der Waals surface area contributed by atoms with E-state index < -0.39 is 11.9 Å². The number of aliphatic hydroxyl groups excluding tert-OH is 1. The number of Topliss-reactive ketones (excluding diaryl/α,β-unsaturated/α-hetero) is 1. The van der Waals surface area contributed by atoms with Crippen LogP contribution >= 0.6 is 0 Å². The molecule has 23 heavy (non-hydrogen) atoms. The van der Waals surface area contributed by atoms with Gasteiger partial charge >= 0.3 is 0 Å². The number of anilines is 1. The van der Waals surface area contributed by atoms with Crippen molar-refractivity contribution in [2.75, 3.05) is 11.4 Å². The Hall–Kier alpha value is -3.10. The predicted molar refractivity (Wildman–Crippen MR) is 85.5 cm³/mol. The number of aliphatic hydroxyl groups is 1. The number of allylic oxidation sites excluding steroid dienone is 2. The molecule has 1 heterocycles. The minimum atomic E-state index is -1.30. The number of hydrogen-bond acceptors (Lipinski definition) is 5. The molecule has 0 amide bonds. The van der Waals surface area contributed by atoms with Gasteiger partial charge in [-0.3, -0.25) is 4.79 Å². The van der Waals surface area contributed by atoms with Crippen LogP contribution in [0.25, 0.3) is 0 Å². The number of nitriles is 1. The van der Waals surface area contributed by atoms with Gasteiger partial charge in [-0.15, -0.1) is 0 Å². The summed E-state index contributed by atoms with van der Waals surface area (Å²) in [6.07, 6.45) is 3.25. The zero-order valence-corrected chi connectivity index (χ0v) is 12.2. The maximum Gasteiger partial charge on any atom is 0.196 e. The van der Waals surface area contributed by atoms with Crippen LogP contribution in [0, 0.1) is 11.3 Å². The second kappa shape index (κ2) is 5.59. The van der Waals surface area contributed by atoms with Crippen molar-refractivity contribution in [3.05, 3.63) is 71.5 Å². The van der Waals surface area contributed by atoms with Crippen molar-refractivity contribution >= 4 is 11.5 Å². The number of benzene rings is 1. The molecule has 0 spiro atoms. The minimum Gasteiger partial charge on any atom is -0.508 e. The van der Waals surface area contributed by atoms with Crippen molar-refractivity contribution < 1.29 is 15.0 Å². The number of carbonyl (C=O) groups is 1. The highest BCUT2D eigenvalue weighted by molar-refractivity contribution is 6.08. The first-order valence-corrected chi connectivity index (χ1v) is 7.03. The van der Waals surface area contributed by atoms with Crippen LogP contribution in [0.1, 0.15) is 0 Å². The van der Waals surface area contributed by atoms with E-state index in [-0.39, 0.29) is 11.3 Å². The number of ketones is 1. The van der Waals surface area contributed by atoms with Crippen LogP contribution in [0.3, 0.4) is 0 Å². The molecule has 1 atom stereocenters. The van der Waals surface area contributed by atoms with Crippen LogP contribution in [0.5, 0.6) is 5.75 Å². The Morgan fingerprint density at radius 1 is 1.35 bits per heavy atom. The third-order valence-corrected chi connectivity index (χ3v) is 3.89. The molecule has 1 unspecified atom stereocenters. The molecule has 5 nitrogen and oxygen atoms in total. The van der Waals surface area contributed by atoms with Gasteiger partial charge in [0, 0.05) is 29.6 Å². The van der Waals surface area contributed by atoms with E-state index in [1.807, 2.05) is 11.0 Å². The maximum absolute atomic E-state index is 12.3. The molecule has 5 heteroatoms. The average Bonchev–Trinajstić information content (AvgIpc) is 2.57. The van der Waals surface area contributed by atoms with Gasteiger partial charge in [-0.1, -0.05) is 12.7 Å². The number of phenols is 1. The summed E-state index contributed by atoms with van der Waals surface area (Å²) in [6.45, 7) is 4.13. The maximum atomic E-state index is 12.3. The molecule has 0 saturated carbocycles. The summed E-state index contributed by atoms with van der Waals surface area (Å²) >= 11 is 0. The van der Waals surface area contributed by atoms with E-state index in [0.717, 1.165) is 5.69 Å². The number of hydrogen-bond donors (Lipinski definition) is 2. The smallest absolute Gasteiger partial charge is 0.196 e. The molecule has 0 bridgehead atoms. The highest BCUT2D eigenvalue weighted by Gasteiger charge is 2.34. The van der Waals surface area contributed by atoms with Gasteiger partial charge in [0.2, 0.25) is 0 Å². The highest BCUT2D eigenvalue weighted by atomic mass is 16.3. The highest BCUT2D eigenvalue weighted by Crippen LogP contribution is 2.35. The van der Waals surface area contributed by atoms with E-state index in [0.29, 0.717) is 23.3 Å². The van der Waals surface area contributed by atoms with Crippen molar-refractivity contribution in [3.63, 3.8) is 0 Å². The number of aromatic hydroxyl groups is 1. The predicted octanol–water partition coefficient (Wildman–Crippen LogP) is 1.97. The third kappa shape index (κ3) is 2.45. The zero-order valence-electron chi connectivity index (χ0n) is 12.2. The number of fused-ring (bicyclic) bond motifs is 1. The quantitative estimate of drug-likeness (QED) is 0.872. The van der Waals surface area contributed by atoms with E-state index in [9.17, 15) is 20.3 Å². The Bertz CT molecular complexity index is 823. The number of nitrogens with zero attached hydrogens (tertiary/aromatic N) is 2. The molecule has 1 aromatic carbocycles. The lowest BCUT2D eigenvalue weighted by atomic mass is 9.82. The molecule has 3 rings (SSSR count). The molecule has 2 aliphatic rings. The second-order valence-corrected chi connectivity index (χ2v) is 5.29. The van der Waals surface area contributed by atoms with E-state index in [1.54, 1.807) is 36.5 Å². The van der Waals surface area contributed by atoms with Gasteiger partial charge in [-0.25, -0.2) is 0 Å². The Kier molecular flexibility index (Phi) is 3.61. The summed E-state index contributed by atoms with van der Waals surface area (Å²) in [4.78, 5) is 14.1. The Morgan fingerprint density at radius 3 is 2.65 bits per heavy atom. The molecule has 0 aromatic heterocycles. The van der Waals surface area contributed by atoms with E-state index in [1.165, 1.54) is 6.08 Å². The Labute approximate surface area is 133 Å². The average molecular weight is 306 g/mol. The summed E-state index contributed by atoms with van der Waals surface area (Å²) in [7, 11) is 0. The fraction of sp³-hybridized carbons (Fsp3) is 0.111. The van der Waals surface area contributed by atoms with Crippen LogP contribution in [-0.2, 0) is 4.79 Å². The lowest BCUT2D eigenvalue weighted by Gasteiger charge is -2.32. The van der Waals surface area contributed by atoms with Crippen molar-refractivity contribution in [1.29, 1.82) is 5.26 Å². The molecular formula is C18H14N2O3. The van der Waals surface area contributed by atoms with Crippen molar-refractivity contribution in [2.24, 2.45) is 0 Å². The monoisotopic (exact) mass is 306 g/mol. The molecule has 1 aliphatic heterocycles. The third-order valence-electron chi connectivity index (χ3n) is 3.89. The topological polar surface area (TPSA) is 84.6 Å². The van der Waals surface area contributed by atoms with E-state index in [4.69, 9.17) is 0 Å². The number of carbonyl (C=O) groups excluding carboxylic acids is 1. The largest absolute Gasteiger partial charge is 0.508 e. The molecule has 0 saturated heterocycles. The first-order chi connectivity index (χ1) is 11.0. The molecule has 1 aliphatic carbocycles. The van der Waals surface area contributed by atoms with Gasteiger partial charge in [0.25, 0.3) is 0 Å². The van der Waals surface area contributed by atoms with Gasteiger partial charge in [0.05, 0.1) is 11.6 Å². The zero-order chi connectivity index (χ0) is 16.6. The van der Waals surface area contributed by atoms with Crippen LogP contribution in [0.4, 0.5) is 5.69 Å². The molecule has 114 valence electrons. The summed E-state index contributed by atoms with van der Waals surface area (Å²) in [5.74, 6) is -0.261. The summed E-state index contributed by atoms with van der Waals surface area (Å²) in [5.41, 5.74) is 2.55. The SMILES string of the molecule is C=CC1=C2C(=O)C(O)C=C(C#N)C2=CN(c2ccc(O)cc2)C1. The fourth-order valence-electron chi connectivity index (χ4n) is 2.74. The lowest BCUT2D eigenvalue weighted by molar-refractivity contribution is -0.121. The van der Waals surface area contributed by atoms with Crippen LogP contribution in [0.2, 0.25) is 0 Å². The normalized spacial score (nSPS) is 20.4. The van der Waals surface area contributed by atoms with Crippen LogP contribution in [-0.4, -0.2) is 28.6 Å². The van der Waals surface area contributed by atoms with Crippen molar-refractivity contribution in [3.8, 4) is 11.8 Å². The van der Waals surface area contributed by atoms with E-state index >= 15 is 0 Å². The van der Waals surface area contributed by atoms with Crippen LogP contribution in [0.15, 0.2) is 71.5 Å². The first kappa shape index (κ1) is 14.8. The molecule has 0 fully saturated rings. The standard InChI is InChI=1S/C18H14N2O3/c1-2-11-9-20(13-3-5-14(21)6-4-13)10-15-12(8-19)7-16(22)18(23)17(11)15/h2-7,10,16,21-22H,1,9H2. The Morgan fingerprint density at radius 2 is 2.04 bits per heavy atom. The van der Waals surface area contributed by atoms with E-state index in [2.05, 4.69) is 6.58 Å². The van der Waals surface area contributed by atoms with Gasteiger partial charge < -0.3 is 15.1 Å².